The minimum atomic E-state index is -0.412. The van der Waals surface area contributed by atoms with Crippen LogP contribution in [0.2, 0.25) is 5.02 Å². The van der Waals surface area contributed by atoms with Gasteiger partial charge in [0.2, 0.25) is 5.91 Å². The van der Waals surface area contributed by atoms with Crippen molar-refractivity contribution in [3.8, 4) is 5.75 Å². The number of hydrogen-bond donors (Lipinski definition) is 0. The van der Waals surface area contributed by atoms with Crippen molar-refractivity contribution in [2.75, 3.05) is 43.1 Å². The zero-order valence-corrected chi connectivity index (χ0v) is 16.4. The first kappa shape index (κ1) is 18.8. The van der Waals surface area contributed by atoms with Gasteiger partial charge in [0.05, 0.1) is 25.3 Å². The molecule has 2 aromatic carbocycles. The number of carbonyl (C=O) groups excluding carboxylic acids is 2. The summed E-state index contributed by atoms with van der Waals surface area (Å²) in [5, 5.41) is 0.717. The van der Waals surface area contributed by atoms with Gasteiger partial charge in [-0.2, -0.15) is 0 Å². The average molecular weight is 400 g/mol. The number of ether oxygens (including phenoxy) is 1. The number of imide groups is 1. The van der Waals surface area contributed by atoms with E-state index in [1.54, 1.807) is 18.2 Å². The number of piperazine rings is 1. The molecule has 146 valence electrons. The summed E-state index contributed by atoms with van der Waals surface area (Å²) >= 11 is 5.97. The minimum absolute atomic E-state index is 0.172. The Hall–Kier alpha value is -2.57. The third-order valence-electron chi connectivity index (χ3n) is 5.40. The molecule has 2 aliphatic rings. The molecule has 2 heterocycles. The zero-order valence-electron chi connectivity index (χ0n) is 15.7. The van der Waals surface area contributed by atoms with E-state index in [9.17, 15) is 9.59 Å². The van der Waals surface area contributed by atoms with E-state index in [0.29, 0.717) is 16.5 Å². The summed E-state index contributed by atoms with van der Waals surface area (Å²) in [7, 11) is 1.54. The maximum Gasteiger partial charge on any atom is 0.251 e. The van der Waals surface area contributed by atoms with Crippen molar-refractivity contribution in [2.45, 2.75) is 12.5 Å². The van der Waals surface area contributed by atoms with Gasteiger partial charge < -0.3 is 9.64 Å². The van der Waals surface area contributed by atoms with Gasteiger partial charge in [0, 0.05) is 36.9 Å². The van der Waals surface area contributed by atoms with Crippen LogP contribution in [0.25, 0.3) is 0 Å². The van der Waals surface area contributed by atoms with E-state index in [1.165, 1.54) is 12.0 Å². The molecule has 2 fully saturated rings. The lowest BCUT2D eigenvalue weighted by atomic mass is 10.1. The predicted octanol–water partition coefficient (Wildman–Crippen LogP) is 2.80. The van der Waals surface area contributed by atoms with Crippen LogP contribution < -0.4 is 14.5 Å². The van der Waals surface area contributed by atoms with Crippen molar-refractivity contribution in [3.63, 3.8) is 0 Å². The minimum Gasteiger partial charge on any atom is -0.495 e. The zero-order chi connectivity index (χ0) is 19.7. The number of carbonyl (C=O) groups is 2. The van der Waals surface area contributed by atoms with Crippen LogP contribution in [0.4, 0.5) is 11.4 Å². The predicted molar refractivity (Wildman–Crippen MR) is 109 cm³/mol. The molecule has 0 unspecified atom stereocenters. The van der Waals surface area contributed by atoms with Crippen molar-refractivity contribution >= 4 is 34.8 Å². The lowest BCUT2D eigenvalue weighted by molar-refractivity contribution is -0.123. The van der Waals surface area contributed by atoms with Crippen LogP contribution >= 0.6 is 11.6 Å². The second-order valence-electron chi connectivity index (χ2n) is 6.96. The Labute approximate surface area is 169 Å². The highest BCUT2D eigenvalue weighted by Gasteiger charge is 2.44. The van der Waals surface area contributed by atoms with Crippen LogP contribution in [0, 0.1) is 0 Å². The number of nitrogens with zero attached hydrogens (tertiary/aromatic N) is 3. The third-order valence-corrected chi connectivity index (χ3v) is 5.65. The molecule has 0 bridgehead atoms. The lowest BCUT2D eigenvalue weighted by Gasteiger charge is -2.38. The Morgan fingerprint density at radius 1 is 0.964 bits per heavy atom. The van der Waals surface area contributed by atoms with Gasteiger partial charge in [-0.05, 0) is 36.4 Å². The van der Waals surface area contributed by atoms with Crippen molar-refractivity contribution in [2.24, 2.45) is 0 Å². The first-order valence-electron chi connectivity index (χ1n) is 9.33. The van der Waals surface area contributed by atoms with Gasteiger partial charge in [-0.15, -0.1) is 0 Å². The number of para-hydroxylation sites is 2. The Morgan fingerprint density at radius 3 is 2.32 bits per heavy atom. The second kappa shape index (κ2) is 7.81. The molecule has 0 aromatic heterocycles. The third kappa shape index (κ3) is 3.45. The molecule has 2 aliphatic heterocycles. The fourth-order valence-electron chi connectivity index (χ4n) is 3.91. The van der Waals surface area contributed by atoms with Gasteiger partial charge in [0.15, 0.2) is 0 Å². The quantitative estimate of drug-likeness (QED) is 0.740. The Balaban J connectivity index is 1.45. The Morgan fingerprint density at radius 2 is 1.64 bits per heavy atom. The second-order valence-corrected chi connectivity index (χ2v) is 7.40. The molecule has 2 aromatic rings. The standard InChI is InChI=1S/C21H22ClN3O3/c1-28-19-5-3-2-4-17(19)25-20(26)14-18(21(25)27)24-12-10-23(11-13-24)16-8-6-15(22)7-9-16/h2-9,18H,10-14H2,1H3/t18-/m1/s1. The number of benzene rings is 2. The van der Waals surface area contributed by atoms with Crippen LogP contribution in [0.5, 0.6) is 5.75 Å². The molecule has 28 heavy (non-hydrogen) atoms. The van der Waals surface area contributed by atoms with Gasteiger partial charge in [-0.3, -0.25) is 14.5 Å². The first-order chi connectivity index (χ1) is 13.6. The summed E-state index contributed by atoms with van der Waals surface area (Å²) in [6.45, 7) is 3.06. The van der Waals surface area contributed by atoms with E-state index in [0.717, 1.165) is 31.9 Å². The number of rotatable bonds is 4. The largest absolute Gasteiger partial charge is 0.495 e. The maximum absolute atomic E-state index is 13.1. The molecule has 0 aliphatic carbocycles. The fraction of sp³-hybridized carbons (Fsp3) is 0.333. The Bertz CT molecular complexity index is 879. The smallest absolute Gasteiger partial charge is 0.251 e. The van der Waals surface area contributed by atoms with E-state index in [2.05, 4.69) is 9.80 Å². The van der Waals surface area contributed by atoms with E-state index >= 15 is 0 Å². The SMILES string of the molecule is COc1ccccc1N1C(=O)C[C@@H](N2CCN(c3ccc(Cl)cc3)CC2)C1=O. The topological polar surface area (TPSA) is 53.1 Å². The molecule has 0 spiro atoms. The summed E-state index contributed by atoms with van der Waals surface area (Å²) in [6, 6.07) is 14.5. The highest BCUT2D eigenvalue weighted by atomic mass is 35.5. The molecule has 4 rings (SSSR count). The van der Waals surface area contributed by atoms with Crippen LogP contribution in [0.1, 0.15) is 6.42 Å². The van der Waals surface area contributed by atoms with Crippen LogP contribution in [-0.2, 0) is 9.59 Å². The number of methoxy groups -OCH3 is 1. The normalized spacial score (nSPS) is 20.7. The van der Waals surface area contributed by atoms with E-state index in [-0.39, 0.29) is 18.2 Å². The summed E-state index contributed by atoms with van der Waals surface area (Å²) in [5.74, 6) is 0.173. The van der Waals surface area contributed by atoms with Gasteiger partial charge in [0.25, 0.3) is 5.91 Å². The average Bonchev–Trinajstić information content (AvgIpc) is 3.02. The van der Waals surface area contributed by atoms with Crippen LogP contribution in [0.15, 0.2) is 48.5 Å². The molecular formula is C21H22ClN3O3. The lowest BCUT2D eigenvalue weighted by Crippen LogP contribution is -2.52. The number of anilines is 2. The Kier molecular flexibility index (Phi) is 5.24. The first-order valence-corrected chi connectivity index (χ1v) is 9.70. The van der Waals surface area contributed by atoms with Crippen molar-refractivity contribution < 1.29 is 14.3 Å². The van der Waals surface area contributed by atoms with E-state index in [4.69, 9.17) is 16.3 Å². The van der Waals surface area contributed by atoms with Gasteiger partial charge in [-0.1, -0.05) is 23.7 Å². The molecule has 7 heteroatoms. The van der Waals surface area contributed by atoms with Crippen LogP contribution in [-0.4, -0.2) is 56.0 Å². The molecule has 0 N–H and O–H groups in total. The fourth-order valence-corrected chi connectivity index (χ4v) is 4.04. The summed E-state index contributed by atoms with van der Waals surface area (Å²) < 4.78 is 5.33. The molecule has 2 saturated heterocycles. The van der Waals surface area contributed by atoms with E-state index < -0.39 is 6.04 Å². The van der Waals surface area contributed by atoms with Crippen molar-refractivity contribution in [1.29, 1.82) is 0 Å². The van der Waals surface area contributed by atoms with Gasteiger partial charge in [0.1, 0.15) is 5.75 Å². The molecular weight excluding hydrogens is 378 g/mol. The van der Waals surface area contributed by atoms with Crippen LogP contribution in [0.3, 0.4) is 0 Å². The highest BCUT2D eigenvalue weighted by Crippen LogP contribution is 2.33. The van der Waals surface area contributed by atoms with Gasteiger partial charge in [-0.25, -0.2) is 4.90 Å². The van der Waals surface area contributed by atoms with Gasteiger partial charge >= 0.3 is 0 Å². The molecule has 1 atom stereocenters. The molecule has 6 nitrogen and oxygen atoms in total. The number of halogens is 1. The molecule has 2 amide bonds. The summed E-state index contributed by atoms with van der Waals surface area (Å²) in [5.41, 5.74) is 1.64. The molecule has 0 radical (unpaired) electrons. The maximum atomic E-state index is 13.1. The van der Waals surface area contributed by atoms with E-state index in [1.807, 2.05) is 30.3 Å². The summed E-state index contributed by atoms with van der Waals surface area (Å²) in [4.78, 5) is 31.3. The summed E-state index contributed by atoms with van der Waals surface area (Å²) in [6.07, 6.45) is 0.206. The number of amides is 2. The number of hydrogen-bond acceptors (Lipinski definition) is 5. The monoisotopic (exact) mass is 399 g/mol. The van der Waals surface area contributed by atoms with Crippen molar-refractivity contribution in [1.82, 2.24) is 4.90 Å². The van der Waals surface area contributed by atoms with Crippen molar-refractivity contribution in [3.05, 3.63) is 53.6 Å². The highest BCUT2D eigenvalue weighted by molar-refractivity contribution is 6.30. The molecule has 0 saturated carbocycles.